The van der Waals surface area contributed by atoms with Gasteiger partial charge in [0.1, 0.15) is 11.4 Å². The van der Waals surface area contributed by atoms with Gasteiger partial charge in [-0.25, -0.2) is 8.78 Å². The molecule has 1 saturated heterocycles. The monoisotopic (exact) mass is 266 g/mol. The number of carbonyl (C=O) groups excluding carboxylic acids is 1. The summed E-state index contributed by atoms with van der Waals surface area (Å²) in [5, 5.41) is 0.844. The molecule has 0 spiro atoms. The maximum atomic E-state index is 12.7. The highest BCUT2D eigenvalue weighted by atomic mass is 19.3. The van der Waals surface area contributed by atoms with Crippen LogP contribution < -0.4 is 4.74 Å². The number of hydrogen-bond donors (Lipinski definition) is 1. The number of nitrogens with zero attached hydrogens (tertiary/aromatic N) is 1. The van der Waals surface area contributed by atoms with Crippen LogP contribution in [0.15, 0.2) is 24.3 Å². The molecular weight excluding hydrogens is 254 g/mol. The van der Waals surface area contributed by atoms with E-state index in [4.69, 9.17) is 4.74 Å². The quantitative estimate of drug-likeness (QED) is 0.906. The van der Waals surface area contributed by atoms with Crippen LogP contribution in [0.4, 0.5) is 8.78 Å². The molecule has 0 saturated carbocycles. The number of amides is 1. The van der Waals surface area contributed by atoms with Crippen LogP contribution in [0.2, 0.25) is 0 Å². The zero-order chi connectivity index (χ0) is 13.6. The zero-order valence-corrected chi connectivity index (χ0v) is 10.2. The normalized spacial score (nSPS) is 17.3. The Morgan fingerprint density at radius 1 is 1.37 bits per heavy atom. The highest BCUT2D eigenvalue weighted by Crippen LogP contribution is 2.29. The number of nitrogens with one attached hydrogen (secondary N) is 1. The predicted molar refractivity (Wildman–Crippen MR) is 65.7 cm³/mol. The molecule has 100 valence electrons. The minimum Gasteiger partial charge on any atom is -0.497 e. The van der Waals surface area contributed by atoms with Crippen molar-refractivity contribution in [3.05, 3.63) is 30.0 Å². The molecule has 3 rings (SSSR count). The second-order valence-electron chi connectivity index (χ2n) is 4.65. The van der Waals surface area contributed by atoms with E-state index in [-0.39, 0.29) is 0 Å². The van der Waals surface area contributed by atoms with E-state index in [9.17, 15) is 13.6 Å². The molecule has 2 aromatic rings. The largest absolute Gasteiger partial charge is 0.497 e. The van der Waals surface area contributed by atoms with E-state index >= 15 is 0 Å². The summed E-state index contributed by atoms with van der Waals surface area (Å²) in [5.74, 6) is -2.48. The SMILES string of the molecule is COc1ccc2cc(C(=O)N3CC(F)(F)C3)[nH]c2c1. The third kappa shape index (κ3) is 2.03. The Kier molecular flexibility index (Phi) is 2.48. The lowest BCUT2D eigenvalue weighted by molar-refractivity contribution is -0.113. The second-order valence-corrected chi connectivity index (χ2v) is 4.65. The fourth-order valence-corrected chi connectivity index (χ4v) is 2.17. The molecule has 19 heavy (non-hydrogen) atoms. The summed E-state index contributed by atoms with van der Waals surface area (Å²) in [5.41, 5.74) is 1.06. The van der Waals surface area contributed by atoms with Gasteiger partial charge in [0.15, 0.2) is 0 Å². The van der Waals surface area contributed by atoms with Gasteiger partial charge >= 0.3 is 0 Å². The number of benzene rings is 1. The molecule has 0 atom stereocenters. The molecule has 0 radical (unpaired) electrons. The number of H-pyrrole nitrogens is 1. The van der Waals surface area contributed by atoms with Gasteiger partial charge in [-0.05, 0) is 18.2 Å². The average molecular weight is 266 g/mol. The fourth-order valence-electron chi connectivity index (χ4n) is 2.17. The average Bonchev–Trinajstić information content (AvgIpc) is 2.77. The summed E-state index contributed by atoms with van der Waals surface area (Å²) >= 11 is 0. The highest BCUT2D eigenvalue weighted by molar-refractivity contribution is 5.98. The molecule has 1 amide bonds. The summed E-state index contributed by atoms with van der Waals surface area (Å²) < 4.78 is 30.6. The molecule has 0 unspecified atom stereocenters. The number of hydrogen-bond acceptors (Lipinski definition) is 2. The number of aromatic amines is 1. The van der Waals surface area contributed by atoms with E-state index in [1.807, 2.05) is 6.07 Å². The van der Waals surface area contributed by atoms with Crippen molar-refractivity contribution < 1.29 is 18.3 Å². The van der Waals surface area contributed by atoms with Gasteiger partial charge in [0.25, 0.3) is 11.8 Å². The minimum absolute atomic E-state index is 0.318. The molecule has 1 fully saturated rings. The molecule has 0 bridgehead atoms. The molecule has 1 aromatic carbocycles. The number of likely N-dealkylation sites (tertiary alicyclic amines) is 1. The van der Waals surface area contributed by atoms with E-state index in [0.717, 1.165) is 15.8 Å². The first kappa shape index (κ1) is 12.0. The van der Waals surface area contributed by atoms with Crippen molar-refractivity contribution in [2.75, 3.05) is 20.2 Å². The lowest BCUT2D eigenvalue weighted by Crippen LogP contribution is -2.58. The second kappa shape index (κ2) is 3.94. The smallest absolute Gasteiger partial charge is 0.282 e. The van der Waals surface area contributed by atoms with E-state index < -0.39 is 24.9 Å². The molecule has 6 heteroatoms. The van der Waals surface area contributed by atoms with Crippen molar-refractivity contribution in [1.29, 1.82) is 0 Å². The first-order valence-electron chi connectivity index (χ1n) is 5.82. The first-order chi connectivity index (χ1) is 8.98. The van der Waals surface area contributed by atoms with Gasteiger partial charge in [0.2, 0.25) is 0 Å². The molecule has 1 aliphatic heterocycles. The van der Waals surface area contributed by atoms with Crippen LogP contribution in [0.1, 0.15) is 10.5 Å². The summed E-state index contributed by atoms with van der Waals surface area (Å²) in [6, 6.07) is 7.01. The Morgan fingerprint density at radius 3 is 2.74 bits per heavy atom. The number of halogens is 2. The van der Waals surface area contributed by atoms with Gasteiger partial charge in [-0.15, -0.1) is 0 Å². The molecule has 1 aliphatic rings. The maximum absolute atomic E-state index is 12.7. The van der Waals surface area contributed by atoms with Gasteiger partial charge in [-0.2, -0.15) is 0 Å². The number of fused-ring (bicyclic) bond motifs is 1. The van der Waals surface area contributed by atoms with E-state index in [1.165, 1.54) is 0 Å². The standard InChI is InChI=1S/C13H12F2N2O2/c1-19-9-3-2-8-4-11(16-10(8)5-9)12(18)17-6-13(14,15)7-17/h2-5,16H,6-7H2,1H3. The molecule has 4 nitrogen and oxygen atoms in total. The zero-order valence-electron chi connectivity index (χ0n) is 10.2. The summed E-state index contributed by atoms with van der Waals surface area (Å²) in [7, 11) is 1.55. The fraction of sp³-hybridized carbons (Fsp3) is 0.308. The van der Waals surface area contributed by atoms with E-state index in [2.05, 4.69) is 4.98 Å². The van der Waals surface area contributed by atoms with Crippen molar-refractivity contribution in [3.63, 3.8) is 0 Å². The molecule has 2 heterocycles. The van der Waals surface area contributed by atoms with Crippen LogP contribution >= 0.6 is 0 Å². The number of aromatic nitrogens is 1. The van der Waals surface area contributed by atoms with Crippen LogP contribution in [0, 0.1) is 0 Å². The Hall–Kier alpha value is -2.11. The Bertz CT molecular complexity index is 643. The molecule has 1 N–H and O–H groups in total. The van der Waals surface area contributed by atoms with Crippen LogP contribution in [-0.4, -0.2) is 41.9 Å². The summed E-state index contributed by atoms with van der Waals surface area (Å²) in [6.45, 7) is -1.02. The van der Waals surface area contributed by atoms with Crippen molar-refractivity contribution >= 4 is 16.8 Å². The summed E-state index contributed by atoms with van der Waals surface area (Å²) in [4.78, 5) is 16.0. The number of methoxy groups -OCH3 is 1. The molecule has 0 aliphatic carbocycles. The lowest BCUT2D eigenvalue weighted by Gasteiger charge is -2.38. The van der Waals surface area contributed by atoms with E-state index in [1.54, 1.807) is 25.3 Å². The van der Waals surface area contributed by atoms with Crippen molar-refractivity contribution in [2.45, 2.75) is 5.92 Å². The van der Waals surface area contributed by atoms with Crippen LogP contribution in [0.25, 0.3) is 10.9 Å². The highest BCUT2D eigenvalue weighted by Gasteiger charge is 2.46. The van der Waals surface area contributed by atoms with Gasteiger partial charge in [-0.3, -0.25) is 4.79 Å². The minimum atomic E-state index is -2.75. The Morgan fingerprint density at radius 2 is 2.11 bits per heavy atom. The number of alkyl halides is 2. The maximum Gasteiger partial charge on any atom is 0.282 e. The Balaban J connectivity index is 1.87. The Labute approximate surface area is 108 Å². The van der Waals surface area contributed by atoms with Gasteiger partial charge in [0.05, 0.1) is 20.2 Å². The lowest BCUT2D eigenvalue weighted by atomic mass is 10.1. The predicted octanol–water partition coefficient (Wildman–Crippen LogP) is 2.27. The van der Waals surface area contributed by atoms with Crippen molar-refractivity contribution in [3.8, 4) is 5.75 Å². The summed E-state index contributed by atoms with van der Waals surface area (Å²) in [6.07, 6.45) is 0. The topological polar surface area (TPSA) is 45.3 Å². The third-order valence-electron chi connectivity index (χ3n) is 3.19. The molecular formula is C13H12F2N2O2. The van der Waals surface area contributed by atoms with Gasteiger partial charge in [0, 0.05) is 17.0 Å². The molecule has 1 aromatic heterocycles. The third-order valence-corrected chi connectivity index (χ3v) is 3.19. The number of ether oxygens (including phenoxy) is 1. The van der Waals surface area contributed by atoms with Gasteiger partial charge < -0.3 is 14.6 Å². The van der Waals surface area contributed by atoms with Crippen molar-refractivity contribution in [2.24, 2.45) is 0 Å². The van der Waals surface area contributed by atoms with Crippen LogP contribution in [0.5, 0.6) is 5.75 Å². The first-order valence-corrected chi connectivity index (χ1v) is 5.82. The number of carbonyl (C=O) groups is 1. The van der Waals surface area contributed by atoms with Crippen molar-refractivity contribution in [1.82, 2.24) is 9.88 Å². The van der Waals surface area contributed by atoms with Gasteiger partial charge in [-0.1, -0.05) is 0 Å². The number of rotatable bonds is 2. The van der Waals surface area contributed by atoms with Crippen LogP contribution in [0.3, 0.4) is 0 Å². The van der Waals surface area contributed by atoms with E-state index in [0.29, 0.717) is 11.4 Å². The van der Waals surface area contributed by atoms with Crippen LogP contribution in [-0.2, 0) is 0 Å².